The van der Waals surface area contributed by atoms with Gasteiger partial charge in [0.05, 0.1) is 27.3 Å². The van der Waals surface area contributed by atoms with E-state index in [0.717, 1.165) is 16.4 Å². The SMILES string of the molecule is C[NH+](C)[C@@H](CNc1ccc(S(=O)(=O)N2CCOCC2)c[nH+]1)c1ccccc1Cl. The average Bonchev–Trinajstić information content (AvgIpc) is 2.70. The number of benzene rings is 1. The molecule has 1 fully saturated rings. The number of nitrogens with zero attached hydrogens (tertiary/aromatic N) is 1. The monoisotopic (exact) mass is 426 g/mol. The third-order valence-corrected chi connectivity index (χ3v) is 7.11. The van der Waals surface area contributed by atoms with Crippen LogP contribution >= 0.6 is 11.6 Å². The Hall–Kier alpha value is -1.71. The van der Waals surface area contributed by atoms with E-state index in [4.69, 9.17) is 16.3 Å². The molecular formula is C19H27ClN4O3S+2. The first kappa shape index (κ1) is 21.0. The lowest BCUT2D eigenvalue weighted by Crippen LogP contribution is -3.06. The summed E-state index contributed by atoms with van der Waals surface area (Å²) in [5, 5.41) is 4.09. The van der Waals surface area contributed by atoms with Crippen LogP contribution in [0.5, 0.6) is 0 Å². The molecule has 0 spiro atoms. The highest BCUT2D eigenvalue weighted by atomic mass is 35.5. The first-order valence-electron chi connectivity index (χ1n) is 9.27. The third-order valence-electron chi connectivity index (χ3n) is 4.87. The van der Waals surface area contributed by atoms with Crippen molar-refractivity contribution in [1.82, 2.24) is 4.31 Å². The van der Waals surface area contributed by atoms with Crippen LogP contribution in [0.25, 0.3) is 0 Å². The van der Waals surface area contributed by atoms with Gasteiger partial charge in [0.15, 0.2) is 6.04 Å². The lowest BCUT2D eigenvalue weighted by atomic mass is 10.1. The maximum atomic E-state index is 12.7. The Kier molecular flexibility index (Phi) is 6.90. The summed E-state index contributed by atoms with van der Waals surface area (Å²) >= 11 is 6.36. The van der Waals surface area contributed by atoms with Crippen LogP contribution in [0.3, 0.4) is 0 Å². The second kappa shape index (κ2) is 9.19. The molecule has 1 aliphatic rings. The molecule has 0 radical (unpaired) electrons. The smallest absolute Gasteiger partial charge is 0.272 e. The fourth-order valence-corrected chi connectivity index (χ4v) is 4.86. The fraction of sp³-hybridized carbons (Fsp3) is 0.421. The van der Waals surface area contributed by atoms with Crippen LogP contribution in [0, 0.1) is 0 Å². The molecule has 0 aliphatic carbocycles. The second-order valence-electron chi connectivity index (χ2n) is 6.99. The maximum absolute atomic E-state index is 12.7. The van der Waals surface area contributed by atoms with Crippen molar-refractivity contribution in [3.8, 4) is 0 Å². The topological polar surface area (TPSA) is 77.2 Å². The Balaban J connectivity index is 1.69. The summed E-state index contributed by atoms with van der Waals surface area (Å²) in [7, 11) is 0.662. The van der Waals surface area contributed by atoms with Crippen molar-refractivity contribution in [2.24, 2.45) is 0 Å². The number of sulfonamides is 1. The molecule has 3 N–H and O–H groups in total. The average molecular weight is 427 g/mol. The highest BCUT2D eigenvalue weighted by Crippen LogP contribution is 2.21. The molecule has 7 nitrogen and oxygen atoms in total. The van der Waals surface area contributed by atoms with Crippen LogP contribution in [0.2, 0.25) is 5.02 Å². The minimum Gasteiger partial charge on any atom is -0.379 e. The van der Waals surface area contributed by atoms with Crippen molar-refractivity contribution >= 4 is 27.4 Å². The number of nitrogens with one attached hydrogen (secondary N) is 3. The summed E-state index contributed by atoms with van der Waals surface area (Å²) in [4.78, 5) is 4.55. The van der Waals surface area contributed by atoms with Crippen molar-refractivity contribution in [1.29, 1.82) is 0 Å². The number of anilines is 1. The Morgan fingerprint density at radius 3 is 2.54 bits per heavy atom. The molecule has 1 aromatic carbocycles. The fourth-order valence-electron chi connectivity index (χ4n) is 3.21. The number of halogens is 1. The van der Waals surface area contributed by atoms with Crippen molar-refractivity contribution in [3.05, 3.63) is 53.2 Å². The molecule has 0 unspecified atom stereocenters. The highest BCUT2D eigenvalue weighted by Gasteiger charge is 2.28. The minimum absolute atomic E-state index is 0.152. The molecule has 1 saturated heterocycles. The zero-order valence-electron chi connectivity index (χ0n) is 16.1. The van der Waals surface area contributed by atoms with Crippen LogP contribution < -0.4 is 15.2 Å². The summed E-state index contributed by atoms with van der Waals surface area (Å²) in [5.41, 5.74) is 1.07. The number of hydrogen-bond acceptors (Lipinski definition) is 4. The normalized spacial score (nSPS) is 16.9. The number of H-pyrrole nitrogens is 1. The zero-order chi connectivity index (χ0) is 20.1. The molecule has 9 heteroatoms. The molecule has 2 heterocycles. The van der Waals surface area contributed by atoms with Gasteiger partial charge >= 0.3 is 0 Å². The molecule has 3 rings (SSSR count). The van der Waals surface area contributed by atoms with Crippen molar-refractivity contribution < 1.29 is 23.0 Å². The summed E-state index contributed by atoms with van der Waals surface area (Å²) in [6.45, 7) is 2.27. The van der Waals surface area contributed by atoms with Gasteiger partial charge in [-0.2, -0.15) is 4.31 Å². The molecule has 1 aromatic heterocycles. The quantitative estimate of drug-likeness (QED) is 0.674. The van der Waals surface area contributed by atoms with Gasteiger partial charge in [0.25, 0.3) is 5.82 Å². The van der Waals surface area contributed by atoms with Crippen LogP contribution in [-0.4, -0.2) is 59.7 Å². The first-order valence-corrected chi connectivity index (χ1v) is 11.1. The van der Waals surface area contributed by atoms with Gasteiger partial charge in [-0.3, -0.25) is 5.32 Å². The predicted molar refractivity (Wildman–Crippen MR) is 108 cm³/mol. The van der Waals surface area contributed by atoms with Crippen LogP contribution in [-0.2, 0) is 14.8 Å². The summed E-state index contributed by atoms with van der Waals surface area (Å²) < 4.78 is 32.1. The molecule has 0 amide bonds. The van der Waals surface area contributed by atoms with Crippen molar-refractivity contribution in [2.75, 3.05) is 52.3 Å². The van der Waals surface area contributed by atoms with Crippen LogP contribution in [0.4, 0.5) is 5.82 Å². The number of pyridine rings is 1. The molecule has 1 atom stereocenters. The van der Waals surface area contributed by atoms with Gasteiger partial charge in [-0.05, 0) is 12.1 Å². The van der Waals surface area contributed by atoms with E-state index in [1.165, 1.54) is 15.4 Å². The van der Waals surface area contributed by atoms with Gasteiger partial charge < -0.3 is 9.64 Å². The standard InChI is InChI=1S/C19H25ClN4O3S/c1-23(2)18(16-5-3-4-6-17(16)20)14-22-19-8-7-15(13-21-19)28(25,26)24-9-11-27-12-10-24/h3-8,13,18H,9-12,14H2,1-2H3,(H,21,22)/p+2/t18-/m0/s1. The second-order valence-corrected chi connectivity index (χ2v) is 9.33. The van der Waals surface area contributed by atoms with Crippen LogP contribution in [0.15, 0.2) is 47.5 Å². The van der Waals surface area contributed by atoms with E-state index in [2.05, 4.69) is 24.4 Å². The summed E-state index contributed by atoms with van der Waals surface area (Å²) in [5.74, 6) is 0.749. The van der Waals surface area contributed by atoms with E-state index < -0.39 is 10.0 Å². The number of likely N-dealkylation sites (N-methyl/N-ethyl adjacent to an activating group) is 1. The first-order chi connectivity index (χ1) is 13.4. The number of hydrogen-bond donors (Lipinski definition) is 2. The Labute approximate surface area is 171 Å². The molecule has 0 saturated carbocycles. The molecule has 0 bridgehead atoms. The zero-order valence-corrected chi connectivity index (χ0v) is 17.7. The maximum Gasteiger partial charge on any atom is 0.272 e. The van der Waals surface area contributed by atoms with Gasteiger partial charge in [0.1, 0.15) is 17.6 Å². The highest BCUT2D eigenvalue weighted by molar-refractivity contribution is 7.89. The number of aromatic nitrogens is 1. The molecule has 1 aliphatic heterocycles. The van der Waals surface area contributed by atoms with E-state index in [1.807, 2.05) is 24.3 Å². The summed E-state index contributed by atoms with van der Waals surface area (Å²) in [6, 6.07) is 11.3. The molecule has 2 aromatic rings. The van der Waals surface area contributed by atoms with E-state index in [9.17, 15) is 8.42 Å². The number of aromatic amines is 1. The Bertz CT molecular complexity index is 884. The largest absolute Gasteiger partial charge is 0.379 e. The molecule has 152 valence electrons. The Morgan fingerprint density at radius 2 is 1.93 bits per heavy atom. The van der Waals surface area contributed by atoms with E-state index >= 15 is 0 Å². The molecule has 28 heavy (non-hydrogen) atoms. The van der Waals surface area contributed by atoms with Crippen molar-refractivity contribution in [3.63, 3.8) is 0 Å². The lowest BCUT2D eigenvalue weighted by Gasteiger charge is -2.25. The van der Waals surface area contributed by atoms with Gasteiger partial charge in [0.2, 0.25) is 10.0 Å². The number of ether oxygens (including phenoxy) is 1. The van der Waals surface area contributed by atoms with Gasteiger partial charge in [-0.25, -0.2) is 13.4 Å². The Morgan fingerprint density at radius 1 is 1.21 bits per heavy atom. The summed E-state index contributed by atoms with van der Waals surface area (Å²) in [6.07, 6.45) is 1.53. The predicted octanol–water partition coefficient (Wildman–Crippen LogP) is 0.473. The van der Waals surface area contributed by atoms with Gasteiger partial charge in [-0.15, -0.1) is 0 Å². The van der Waals surface area contributed by atoms with Crippen molar-refractivity contribution in [2.45, 2.75) is 10.9 Å². The van der Waals surface area contributed by atoms with E-state index in [-0.39, 0.29) is 10.9 Å². The number of quaternary nitrogens is 1. The van der Waals surface area contributed by atoms with E-state index in [0.29, 0.717) is 32.8 Å². The number of morpholine rings is 1. The molecular weight excluding hydrogens is 400 g/mol. The van der Waals surface area contributed by atoms with Gasteiger partial charge in [0, 0.05) is 29.7 Å². The van der Waals surface area contributed by atoms with Gasteiger partial charge in [-0.1, -0.05) is 29.8 Å². The minimum atomic E-state index is -3.50. The van der Waals surface area contributed by atoms with Crippen LogP contribution in [0.1, 0.15) is 11.6 Å². The third kappa shape index (κ3) is 4.82. The number of rotatable bonds is 7. The van der Waals surface area contributed by atoms with E-state index in [1.54, 1.807) is 12.1 Å². The lowest BCUT2D eigenvalue weighted by molar-refractivity contribution is -0.890.